The van der Waals surface area contributed by atoms with E-state index in [9.17, 15) is 0 Å². The highest BCUT2D eigenvalue weighted by molar-refractivity contribution is 7.15. The number of hydrogen-bond acceptors (Lipinski definition) is 6. The Kier molecular flexibility index (Phi) is 2.19. The summed E-state index contributed by atoms with van der Waals surface area (Å²) in [7, 11) is 0. The first kappa shape index (κ1) is 9.49. The zero-order valence-electron chi connectivity index (χ0n) is 8.04. The molecule has 0 amide bonds. The van der Waals surface area contributed by atoms with Gasteiger partial charge in [0, 0.05) is 11.6 Å². The minimum atomic E-state index is 0.546. The average molecular weight is 249 g/mol. The summed E-state index contributed by atoms with van der Waals surface area (Å²) in [5.41, 5.74) is 9.31. The van der Waals surface area contributed by atoms with Crippen molar-refractivity contribution in [3.05, 3.63) is 23.3 Å². The molecule has 0 aromatic carbocycles. The summed E-state index contributed by atoms with van der Waals surface area (Å²) < 4.78 is 0. The molecule has 3 aromatic rings. The maximum absolute atomic E-state index is 5.74. The first-order valence-electron chi connectivity index (χ1n) is 4.48. The van der Waals surface area contributed by atoms with E-state index in [0.717, 1.165) is 21.1 Å². The lowest BCUT2D eigenvalue weighted by Gasteiger charge is -1.91. The van der Waals surface area contributed by atoms with Crippen LogP contribution < -0.4 is 5.73 Å². The molecule has 0 aliphatic carbocycles. The molecule has 0 aliphatic rings. The van der Waals surface area contributed by atoms with Gasteiger partial charge in [0.05, 0.1) is 27.8 Å². The topological polar surface area (TPSA) is 80.5 Å². The van der Waals surface area contributed by atoms with Crippen molar-refractivity contribution in [1.82, 2.24) is 20.2 Å². The molecule has 0 fully saturated rings. The first-order valence-corrected chi connectivity index (χ1v) is 6.24. The van der Waals surface area contributed by atoms with Crippen molar-refractivity contribution in [3.63, 3.8) is 0 Å². The average Bonchev–Trinajstić information content (AvgIpc) is 2.96. The maximum Gasteiger partial charge on any atom is 0.129 e. The fourth-order valence-corrected chi connectivity index (χ4v) is 2.82. The Morgan fingerprint density at radius 3 is 2.88 bits per heavy atom. The molecule has 0 atom stereocenters. The second kappa shape index (κ2) is 3.69. The van der Waals surface area contributed by atoms with E-state index in [0.29, 0.717) is 5.82 Å². The molecule has 3 N–H and O–H groups in total. The van der Waals surface area contributed by atoms with Gasteiger partial charge in [-0.15, -0.1) is 22.7 Å². The second-order valence-corrected chi connectivity index (χ2v) is 4.85. The minimum Gasteiger partial charge on any atom is -0.383 e. The smallest absolute Gasteiger partial charge is 0.129 e. The summed E-state index contributed by atoms with van der Waals surface area (Å²) >= 11 is 3.12. The van der Waals surface area contributed by atoms with Crippen molar-refractivity contribution in [1.29, 1.82) is 0 Å². The van der Waals surface area contributed by atoms with Gasteiger partial charge in [0.2, 0.25) is 0 Å². The molecule has 0 saturated heterocycles. The molecular weight excluding hydrogens is 242 g/mol. The normalized spacial score (nSPS) is 10.8. The highest BCUT2D eigenvalue weighted by Gasteiger charge is 2.11. The molecule has 3 heterocycles. The van der Waals surface area contributed by atoms with Gasteiger partial charge < -0.3 is 5.73 Å². The van der Waals surface area contributed by atoms with Gasteiger partial charge in [0.25, 0.3) is 0 Å². The number of nitrogen functional groups attached to an aromatic ring is 1. The van der Waals surface area contributed by atoms with Crippen LogP contribution in [-0.2, 0) is 0 Å². The molecule has 0 bridgehead atoms. The van der Waals surface area contributed by atoms with E-state index in [1.165, 1.54) is 0 Å². The SMILES string of the molecule is Nc1[nH]ncc1-c1nc(-c2cncs2)cs1. The van der Waals surface area contributed by atoms with Gasteiger partial charge >= 0.3 is 0 Å². The van der Waals surface area contributed by atoms with Gasteiger partial charge in [-0.25, -0.2) is 4.98 Å². The Hall–Kier alpha value is -1.73. The van der Waals surface area contributed by atoms with Crippen LogP contribution in [0.4, 0.5) is 5.82 Å². The number of aromatic amines is 1. The van der Waals surface area contributed by atoms with E-state index in [1.807, 2.05) is 11.6 Å². The minimum absolute atomic E-state index is 0.546. The predicted octanol–water partition coefficient (Wildman–Crippen LogP) is 2.24. The molecule has 3 rings (SSSR count). The van der Waals surface area contributed by atoms with Gasteiger partial charge in [-0.2, -0.15) is 5.10 Å². The van der Waals surface area contributed by atoms with E-state index in [-0.39, 0.29) is 0 Å². The predicted molar refractivity (Wildman–Crippen MR) is 65.2 cm³/mol. The van der Waals surface area contributed by atoms with Crippen LogP contribution in [0.25, 0.3) is 21.1 Å². The van der Waals surface area contributed by atoms with Crippen LogP contribution in [0.3, 0.4) is 0 Å². The van der Waals surface area contributed by atoms with Crippen LogP contribution in [-0.4, -0.2) is 20.2 Å². The number of H-pyrrole nitrogens is 1. The number of nitrogens with one attached hydrogen (secondary N) is 1. The number of hydrogen-bond donors (Lipinski definition) is 2. The monoisotopic (exact) mass is 249 g/mol. The summed E-state index contributed by atoms with van der Waals surface area (Å²) in [5, 5.41) is 9.44. The second-order valence-electron chi connectivity index (χ2n) is 3.10. The molecule has 80 valence electrons. The van der Waals surface area contributed by atoms with Gasteiger partial charge in [0.15, 0.2) is 0 Å². The van der Waals surface area contributed by atoms with Crippen molar-refractivity contribution in [2.45, 2.75) is 0 Å². The third kappa shape index (κ3) is 1.50. The van der Waals surface area contributed by atoms with Gasteiger partial charge in [0.1, 0.15) is 10.8 Å². The van der Waals surface area contributed by atoms with Crippen molar-refractivity contribution in [3.8, 4) is 21.1 Å². The Morgan fingerprint density at radius 1 is 1.25 bits per heavy atom. The molecule has 16 heavy (non-hydrogen) atoms. The van der Waals surface area contributed by atoms with Crippen molar-refractivity contribution >= 4 is 28.5 Å². The van der Waals surface area contributed by atoms with Crippen LogP contribution in [0.15, 0.2) is 23.3 Å². The highest BCUT2D eigenvalue weighted by Crippen LogP contribution is 2.32. The summed E-state index contributed by atoms with van der Waals surface area (Å²) in [6.45, 7) is 0. The van der Waals surface area contributed by atoms with E-state index < -0.39 is 0 Å². The van der Waals surface area contributed by atoms with Crippen LogP contribution in [0.2, 0.25) is 0 Å². The molecular formula is C9H7N5S2. The fourth-order valence-electron chi connectivity index (χ4n) is 1.32. The number of thiazole rings is 2. The van der Waals surface area contributed by atoms with Gasteiger partial charge in [-0.05, 0) is 0 Å². The van der Waals surface area contributed by atoms with Gasteiger partial charge in [-0.1, -0.05) is 0 Å². The molecule has 0 aliphatic heterocycles. The maximum atomic E-state index is 5.74. The third-order valence-corrected chi connectivity index (χ3v) is 3.76. The molecule has 3 aromatic heterocycles. The first-order chi connectivity index (χ1) is 7.84. The number of anilines is 1. The van der Waals surface area contributed by atoms with Crippen LogP contribution in [0.5, 0.6) is 0 Å². The zero-order chi connectivity index (χ0) is 11.0. The Bertz CT molecular complexity index is 595. The number of nitrogens with zero attached hydrogens (tertiary/aromatic N) is 3. The highest BCUT2D eigenvalue weighted by atomic mass is 32.1. The fraction of sp³-hybridized carbons (Fsp3) is 0. The van der Waals surface area contributed by atoms with Crippen LogP contribution in [0.1, 0.15) is 0 Å². The van der Waals surface area contributed by atoms with Crippen molar-refractivity contribution in [2.75, 3.05) is 5.73 Å². The van der Waals surface area contributed by atoms with Crippen molar-refractivity contribution < 1.29 is 0 Å². The zero-order valence-corrected chi connectivity index (χ0v) is 9.68. The van der Waals surface area contributed by atoms with E-state index in [1.54, 1.807) is 34.4 Å². The summed E-state index contributed by atoms with van der Waals surface area (Å²) in [6, 6.07) is 0. The van der Waals surface area contributed by atoms with E-state index in [4.69, 9.17) is 5.73 Å². The standard InChI is InChI=1S/C9H7N5S2/c10-8-5(1-12-14-8)9-13-6(3-15-9)7-2-11-4-16-7/h1-4H,(H3,10,12,14). The Balaban J connectivity index is 2.03. The Morgan fingerprint density at radius 2 is 2.19 bits per heavy atom. The number of nitrogens with two attached hydrogens (primary N) is 1. The van der Waals surface area contributed by atoms with Crippen molar-refractivity contribution in [2.24, 2.45) is 0 Å². The summed E-state index contributed by atoms with van der Waals surface area (Å²) in [6.07, 6.45) is 3.49. The van der Waals surface area contributed by atoms with Gasteiger partial charge in [-0.3, -0.25) is 10.1 Å². The molecule has 0 saturated carbocycles. The number of rotatable bonds is 2. The molecule has 5 nitrogen and oxygen atoms in total. The summed E-state index contributed by atoms with van der Waals surface area (Å²) in [5.74, 6) is 0.546. The largest absolute Gasteiger partial charge is 0.383 e. The van der Waals surface area contributed by atoms with E-state index in [2.05, 4.69) is 20.2 Å². The van der Waals surface area contributed by atoms with Crippen LogP contribution in [0, 0.1) is 0 Å². The van der Waals surface area contributed by atoms with E-state index >= 15 is 0 Å². The molecule has 7 heteroatoms. The molecule has 0 radical (unpaired) electrons. The summed E-state index contributed by atoms with van der Waals surface area (Å²) in [4.78, 5) is 9.59. The third-order valence-electron chi connectivity index (χ3n) is 2.09. The lowest BCUT2D eigenvalue weighted by molar-refractivity contribution is 1.10. The number of aromatic nitrogens is 4. The van der Waals surface area contributed by atoms with Crippen LogP contribution >= 0.6 is 22.7 Å². The molecule has 0 spiro atoms. The quantitative estimate of drug-likeness (QED) is 0.730. The Labute approximate surface area is 99.0 Å². The molecule has 0 unspecified atom stereocenters. The lowest BCUT2D eigenvalue weighted by Crippen LogP contribution is -1.86. The lowest BCUT2D eigenvalue weighted by atomic mass is 10.3.